The van der Waals surface area contributed by atoms with Gasteiger partial charge in [-0.25, -0.2) is 0 Å². The summed E-state index contributed by atoms with van der Waals surface area (Å²) in [6, 6.07) is 29.1. The second kappa shape index (κ2) is 5.23. The fraction of sp³-hybridized carbons (Fsp3) is 0.0370. The predicted octanol–water partition coefficient (Wildman–Crippen LogP) is 6.00. The Morgan fingerprint density at radius 2 is 1.29 bits per heavy atom. The van der Waals surface area contributed by atoms with Crippen LogP contribution in [0.25, 0.3) is 43.4 Å². The van der Waals surface area contributed by atoms with Crippen molar-refractivity contribution in [3.8, 4) is 23.5 Å². The highest BCUT2D eigenvalue weighted by molar-refractivity contribution is 6.17. The quantitative estimate of drug-likeness (QED) is 0.267. The monoisotopic (exact) mass is 356 g/mol. The van der Waals surface area contributed by atoms with Gasteiger partial charge in [-0.15, -0.1) is 6.42 Å². The maximum Gasteiger partial charge on any atom is 0.178 e. The van der Waals surface area contributed by atoms with Gasteiger partial charge >= 0.3 is 0 Å². The maximum absolute atomic E-state index is 11.7. The van der Waals surface area contributed by atoms with Gasteiger partial charge in [-0.1, -0.05) is 90.8 Å². The Hall–Kier alpha value is -3.60. The molecule has 0 bridgehead atoms. The molecule has 6 rings (SSSR count). The van der Waals surface area contributed by atoms with E-state index in [2.05, 4.69) is 66.6 Å². The predicted molar refractivity (Wildman–Crippen MR) is 116 cm³/mol. The molecule has 0 aliphatic heterocycles. The SMILES string of the molecule is C#CC1(O)c2ccc3ccc4ccccc4c3c2-c2ccc3ccccc3c21. The van der Waals surface area contributed by atoms with E-state index in [4.69, 9.17) is 6.42 Å². The molecule has 1 unspecified atom stereocenters. The van der Waals surface area contributed by atoms with Gasteiger partial charge in [0.15, 0.2) is 5.60 Å². The summed E-state index contributed by atoms with van der Waals surface area (Å²) in [5.41, 5.74) is 2.26. The van der Waals surface area contributed by atoms with Crippen molar-refractivity contribution in [1.82, 2.24) is 0 Å². The minimum Gasteiger partial charge on any atom is -0.369 e. The molecular formula is C27H16O. The largest absolute Gasteiger partial charge is 0.369 e. The normalized spacial score (nSPS) is 17.6. The molecule has 0 spiro atoms. The number of rotatable bonds is 0. The van der Waals surface area contributed by atoms with E-state index in [-0.39, 0.29) is 0 Å². The van der Waals surface area contributed by atoms with Gasteiger partial charge in [-0.05, 0) is 43.4 Å². The summed E-state index contributed by atoms with van der Waals surface area (Å²) in [5.74, 6) is 2.71. The number of benzene rings is 5. The van der Waals surface area contributed by atoms with Crippen LogP contribution in [0.3, 0.4) is 0 Å². The first-order valence-corrected chi connectivity index (χ1v) is 9.40. The molecule has 1 aliphatic rings. The van der Waals surface area contributed by atoms with Crippen molar-refractivity contribution in [2.75, 3.05) is 0 Å². The third kappa shape index (κ3) is 1.76. The van der Waals surface area contributed by atoms with Crippen LogP contribution < -0.4 is 0 Å². The molecule has 5 aromatic rings. The molecule has 0 saturated carbocycles. The molecule has 0 heterocycles. The van der Waals surface area contributed by atoms with E-state index in [1.807, 2.05) is 24.3 Å². The Bertz CT molecular complexity index is 1490. The first-order valence-electron chi connectivity index (χ1n) is 9.40. The molecule has 0 aromatic heterocycles. The van der Waals surface area contributed by atoms with E-state index in [9.17, 15) is 5.11 Å². The summed E-state index contributed by atoms with van der Waals surface area (Å²) in [5, 5.41) is 18.4. The van der Waals surface area contributed by atoms with E-state index in [1.54, 1.807) is 0 Å². The van der Waals surface area contributed by atoms with Crippen molar-refractivity contribution in [1.29, 1.82) is 0 Å². The second-order valence-electron chi connectivity index (χ2n) is 7.44. The maximum atomic E-state index is 11.7. The summed E-state index contributed by atoms with van der Waals surface area (Å²) >= 11 is 0. The van der Waals surface area contributed by atoms with Gasteiger partial charge in [0.25, 0.3) is 0 Å². The third-order valence-corrected chi connectivity index (χ3v) is 6.07. The Balaban J connectivity index is 1.90. The molecule has 0 radical (unpaired) electrons. The summed E-state index contributed by atoms with van der Waals surface area (Å²) in [7, 11) is 0. The lowest BCUT2D eigenvalue weighted by Crippen LogP contribution is -2.22. The number of hydrogen-bond donors (Lipinski definition) is 1. The average Bonchev–Trinajstić information content (AvgIpc) is 3.03. The van der Waals surface area contributed by atoms with E-state index in [0.717, 1.165) is 43.8 Å². The average molecular weight is 356 g/mol. The van der Waals surface area contributed by atoms with Crippen molar-refractivity contribution < 1.29 is 5.11 Å². The van der Waals surface area contributed by atoms with Crippen molar-refractivity contribution in [3.05, 3.63) is 96.1 Å². The van der Waals surface area contributed by atoms with Crippen LogP contribution in [-0.4, -0.2) is 5.11 Å². The molecule has 130 valence electrons. The standard InChI is InChI=1S/C27H16O/c1-2-27(28)23-16-14-19-12-11-17-7-3-5-9-20(17)24(19)25(23)22-15-13-18-8-4-6-10-21(18)26(22)27/h1,3-16,28H. The zero-order valence-electron chi connectivity index (χ0n) is 15.1. The summed E-state index contributed by atoms with van der Waals surface area (Å²) in [4.78, 5) is 0. The molecule has 1 heteroatoms. The van der Waals surface area contributed by atoms with E-state index in [0.29, 0.717) is 0 Å². The Morgan fingerprint density at radius 3 is 2.07 bits per heavy atom. The molecule has 1 atom stereocenters. The number of aliphatic hydroxyl groups is 1. The highest BCUT2D eigenvalue weighted by atomic mass is 16.3. The lowest BCUT2D eigenvalue weighted by atomic mass is 9.88. The van der Waals surface area contributed by atoms with Crippen LogP contribution in [0.1, 0.15) is 11.1 Å². The summed E-state index contributed by atoms with van der Waals surface area (Å²) in [6.07, 6.45) is 5.95. The van der Waals surface area contributed by atoms with Crippen LogP contribution in [-0.2, 0) is 5.60 Å². The highest BCUT2D eigenvalue weighted by Gasteiger charge is 2.42. The van der Waals surface area contributed by atoms with Gasteiger partial charge in [-0.2, -0.15) is 0 Å². The first-order chi connectivity index (χ1) is 13.7. The lowest BCUT2D eigenvalue weighted by Gasteiger charge is -2.20. The summed E-state index contributed by atoms with van der Waals surface area (Å²) in [6.45, 7) is 0. The molecule has 1 nitrogen and oxygen atoms in total. The Labute approximate surface area is 162 Å². The first kappa shape index (κ1) is 15.5. The molecule has 1 aliphatic carbocycles. The highest BCUT2D eigenvalue weighted by Crippen LogP contribution is 2.53. The second-order valence-corrected chi connectivity index (χ2v) is 7.44. The Morgan fingerprint density at radius 1 is 0.679 bits per heavy atom. The minimum absolute atomic E-state index is 0.796. The Kier molecular flexibility index (Phi) is 2.88. The molecule has 0 saturated heterocycles. The molecule has 28 heavy (non-hydrogen) atoms. The molecule has 1 N–H and O–H groups in total. The van der Waals surface area contributed by atoms with Gasteiger partial charge in [0, 0.05) is 11.1 Å². The van der Waals surface area contributed by atoms with Crippen molar-refractivity contribution in [2.24, 2.45) is 0 Å². The topological polar surface area (TPSA) is 20.2 Å². The van der Waals surface area contributed by atoms with Gasteiger partial charge in [0.1, 0.15) is 0 Å². The van der Waals surface area contributed by atoms with E-state index >= 15 is 0 Å². The fourth-order valence-corrected chi connectivity index (χ4v) is 4.83. The van der Waals surface area contributed by atoms with Crippen LogP contribution in [0, 0.1) is 12.3 Å². The van der Waals surface area contributed by atoms with Gasteiger partial charge < -0.3 is 5.11 Å². The third-order valence-electron chi connectivity index (χ3n) is 6.07. The van der Waals surface area contributed by atoms with Gasteiger partial charge in [0.2, 0.25) is 0 Å². The van der Waals surface area contributed by atoms with E-state index in [1.165, 1.54) is 10.8 Å². The van der Waals surface area contributed by atoms with Gasteiger partial charge in [0.05, 0.1) is 0 Å². The smallest absolute Gasteiger partial charge is 0.178 e. The van der Waals surface area contributed by atoms with Gasteiger partial charge in [-0.3, -0.25) is 0 Å². The molecule has 0 fully saturated rings. The van der Waals surface area contributed by atoms with Crippen LogP contribution in [0.15, 0.2) is 84.9 Å². The number of terminal acetylenes is 1. The zero-order chi connectivity index (χ0) is 18.9. The van der Waals surface area contributed by atoms with Crippen molar-refractivity contribution in [2.45, 2.75) is 5.60 Å². The van der Waals surface area contributed by atoms with E-state index < -0.39 is 5.60 Å². The number of hydrogen-bond acceptors (Lipinski definition) is 1. The zero-order valence-corrected chi connectivity index (χ0v) is 15.1. The molecular weight excluding hydrogens is 340 g/mol. The molecule has 5 aromatic carbocycles. The van der Waals surface area contributed by atoms with Crippen LogP contribution in [0.5, 0.6) is 0 Å². The molecule has 0 amide bonds. The van der Waals surface area contributed by atoms with Crippen LogP contribution >= 0.6 is 0 Å². The van der Waals surface area contributed by atoms with Crippen LogP contribution in [0.2, 0.25) is 0 Å². The minimum atomic E-state index is -1.43. The fourth-order valence-electron chi connectivity index (χ4n) is 4.83. The lowest BCUT2D eigenvalue weighted by molar-refractivity contribution is 0.152. The van der Waals surface area contributed by atoms with Crippen LogP contribution in [0.4, 0.5) is 0 Å². The van der Waals surface area contributed by atoms with Crippen molar-refractivity contribution in [3.63, 3.8) is 0 Å². The number of fused-ring (bicyclic) bond motifs is 9. The van der Waals surface area contributed by atoms with Crippen molar-refractivity contribution >= 4 is 32.3 Å². The summed E-state index contributed by atoms with van der Waals surface area (Å²) < 4.78 is 0.